The fourth-order valence-electron chi connectivity index (χ4n) is 7.33. The molecule has 0 N–H and O–H groups in total. The first-order valence-electron chi connectivity index (χ1n) is 16.6. The van der Waals surface area contributed by atoms with Crippen molar-refractivity contribution in [3.63, 3.8) is 0 Å². The van der Waals surface area contributed by atoms with Crippen LogP contribution in [0.1, 0.15) is 0 Å². The van der Waals surface area contributed by atoms with Gasteiger partial charge >= 0.3 is 267 Å². The number of fused-ring (bicyclic) bond motifs is 7. The van der Waals surface area contributed by atoms with Crippen molar-refractivity contribution in [2.75, 3.05) is 4.90 Å². The molecule has 0 spiro atoms. The first kappa shape index (κ1) is 29.2. The van der Waals surface area contributed by atoms with Crippen LogP contribution in [0, 0.1) is 0 Å². The molecule has 235 valence electrons. The Morgan fingerprint density at radius 2 is 1.28 bits per heavy atom. The Hall–Kier alpha value is -5.71. The molecule has 3 nitrogen and oxygen atoms in total. The third-order valence-electron chi connectivity index (χ3n) is 9.55. The van der Waals surface area contributed by atoms with Crippen molar-refractivity contribution >= 4 is 103 Å². The molecule has 0 amide bonds. The predicted octanol–water partition coefficient (Wildman–Crippen LogP) is 12.1. The number of furan rings is 1. The van der Waals surface area contributed by atoms with Crippen molar-refractivity contribution in [3.8, 4) is 21.7 Å². The Kier molecular flexibility index (Phi) is 6.85. The van der Waals surface area contributed by atoms with Crippen LogP contribution in [0.4, 0.5) is 17.1 Å². The molecule has 0 saturated carbocycles. The van der Waals surface area contributed by atoms with E-state index in [4.69, 9.17) is 9.40 Å². The van der Waals surface area contributed by atoms with E-state index in [9.17, 15) is 0 Å². The van der Waals surface area contributed by atoms with Crippen LogP contribution >= 0.6 is 11.3 Å². The molecule has 0 aliphatic carbocycles. The minimum absolute atomic E-state index is 0.870. The van der Waals surface area contributed by atoms with Gasteiger partial charge in [0.15, 0.2) is 0 Å². The van der Waals surface area contributed by atoms with Crippen molar-refractivity contribution in [1.29, 1.82) is 0 Å². The second-order valence-corrected chi connectivity index (χ2v) is 14.4. The third kappa shape index (κ3) is 4.67. The van der Waals surface area contributed by atoms with Crippen molar-refractivity contribution in [1.82, 2.24) is 4.98 Å². The predicted molar refractivity (Wildman–Crippen MR) is 213 cm³/mol. The van der Waals surface area contributed by atoms with Gasteiger partial charge in [0, 0.05) is 5.39 Å². The van der Waals surface area contributed by atoms with E-state index < -0.39 is 0 Å². The van der Waals surface area contributed by atoms with Crippen LogP contribution in [-0.4, -0.2) is 21.0 Å². The molecule has 50 heavy (non-hydrogen) atoms. The van der Waals surface area contributed by atoms with Crippen LogP contribution in [0.15, 0.2) is 168 Å². The molecular formula is C45H27N2OSSe. The summed E-state index contributed by atoms with van der Waals surface area (Å²) in [5.41, 5.74) is 9.46. The zero-order valence-electron chi connectivity index (χ0n) is 26.7. The van der Waals surface area contributed by atoms with Crippen LogP contribution in [-0.2, 0) is 0 Å². The summed E-state index contributed by atoms with van der Waals surface area (Å²) in [4.78, 5) is 7.61. The molecule has 8 aromatic carbocycles. The van der Waals surface area contributed by atoms with Crippen molar-refractivity contribution in [3.05, 3.63) is 164 Å². The monoisotopic (exact) mass is 723 g/mol. The molecule has 0 fully saturated rings. The topological polar surface area (TPSA) is 29.3 Å². The molecule has 0 aliphatic rings. The maximum absolute atomic E-state index is 6.38. The second kappa shape index (κ2) is 11.7. The summed E-state index contributed by atoms with van der Waals surface area (Å²) in [6, 6.07) is 58.0. The van der Waals surface area contributed by atoms with Gasteiger partial charge in [-0.1, -0.05) is 18.2 Å². The first-order chi connectivity index (χ1) is 24.7. The normalized spacial score (nSPS) is 11.7. The number of thiazole rings is 1. The average Bonchev–Trinajstić information content (AvgIpc) is 3.77. The summed E-state index contributed by atoms with van der Waals surface area (Å²) in [7, 11) is 0. The van der Waals surface area contributed by atoms with Crippen LogP contribution in [0.3, 0.4) is 0 Å². The van der Waals surface area contributed by atoms with E-state index >= 15 is 0 Å². The zero-order chi connectivity index (χ0) is 33.2. The Bertz CT molecular complexity index is 2890. The fourth-order valence-corrected chi connectivity index (χ4v) is 8.89. The van der Waals surface area contributed by atoms with Gasteiger partial charge in [0.25, 0.3) is 0 Å². The fraction of sp³-hybridized carbons (Fsp3) is 0. The van der Waals surface area contributed by atoms with Gasteiger partial charge in [-0.15, -0.1) is 0 Å². The summed E-state index contributed by atoms with van der Waals surface area (Å²) in [5.74, 6) is 0. The van der Waals surface area contributed by atoms with Gasteiger partial charge in [-0.3, -0.25) is 0 Å². The number of benzene rings is 8. The van der Waals surface area contributed by atoms with Gasteiger partial charge < -0.3 is 0 Å². The van der Waals surface area contributed by atoms with E-state index in [-0.39, 0.29) is 0 Å². The Morgan fingerprint density at radius 1 is 0.560 bits per heavy atom. The number of hydrogen-bond donors (Lipinski definition) is 0. The molecule has 10 rings (SSSR count). The molecule has 0 saturated heterocycles. The molecule has 0 aliphatic heterocycles. The second-order valence-electron chi connectivity index (χ2n) is 12.5. The van der Waals surface area contributed by atoms with Crippen molar-refractivity contribution < 1.29 is 4.42 Å². The number of anilines is 3. The molecule has 1 radical (unpaired) electrons. The number of para-hydroxylation sites is 2. The third-order valence-corrected chi connectivity index (χ3v) is 11.3. The maximum atomic E-state index is 6.38. The van der Waals surface area contributed by atoms with Crippen LogP contribution in [0.25, 0.3) is 75.4 Å². The zero-order valence-corrected chi connectivity index (χ0v) is 29.2. The molecule has 0 bridgehead atoms. The van der Waals surface area contributed by atoms with Gasteiger partial charge in [0.05, 0.1) is 0 Å². The van der Waals surface area contributed by atoms with Crippen LogP contribution in [0.2, 0.25) is 0 Å². The van der Waals surface area contributed by atoms with E-state index in [2.05, 4.69) is 167 Å². The van der Waals surface area contributed by atoms with Gasteiger partial charge in [-0.2, -0.15) is 0 Å². The number of aromatic nitrogens is 1. The average molecular weight is 723 g/mol. The summed E-state index contributed by atoms with van der Waals surface area (Å²) < 4.78 is 8.64. The van der Waals surface area contributed by atoms with Crippen LogP contribution in [0.5, 0.6) is 0 Å². The first-order valence-corrected chi connectivity index (χ1v) is 18.3. The van der Waals surface area contributed by atoms with E-state index in [0.29, 0.717) is 0 Å². The molecule has 0 unspecified atom stereocenters. The van der Waals surface area contributed by atoms with Gasteiger partial charge in [0.1, 0.15) is 5.58 Å². The summed E-state index contributed by atoms with van der Waals surface area (Å²) in [5, 5.41) is 8.00. The Balaban J connectivity index is 1.23. The van der Waals surface area contributed by atoms with E-state index in [1.54, 1.807) is 11.3 Å². The quantitative estimate of drug-likeness (QED) is 0.131. The van der Waals surface area contributed by atoms with Crippen LogP contribution < -0.4 is 9.36 Å². The Morgan fingerprint density at radius 3 is 2.12 bits per heavy atom. The van der Waals surface area contributed by atoms with Gasteiger partial charge in [0.2, 0.25) is 0 Å². The standard InChI is InChI=1S/C45H27N2OSSe/c50-41-25-24-40-44(46-45(49-40)28-12-3-1-4-13-28)43(41)36-20-11-14-29-26-37(32-17-7-8-19-35(32)42(29)36)47(30-15-5-2-6-16-30)31-22-23-34-33-18-9-10-21-38(33)48-39(34)27-31/h1-27H. The SMILES string of the molecule is [Se]c1ccc2sc(-c3ccccc3)nc2c1-c1cccc2cc(N(c3ccccc3)c3ccc4c(c3)oc3ccccc34)c3ccccc3c12. The van der Waals surface area contributed by atoms with Crippen molar-refractivity contribution in [2.45, 2.75) is 0 Å². The van der Waals surface area contributed by atoms with Gasteiger partial charge in [-0.25, -0.2) is 0 Å². The summed E-state index contributed by atoms with van der Waals surface area (Å²) in [6.07, 6.45) is 0. The molecule has 5 heteroatoms. The van der Waals surface area contributed by atoms with E-state index in [1.807, 2.05) is 18.2 Å². The Labute approximate surface area is 300 Å². The van der Waals surface area contributed by atoms with E-state index in [0.717, 1.165) is 75.9 Å². The molecule has 0 atom stereocenters. The summed E-state index contributed by atoms with van der Waals surface area (Å²) >= 11 is 5.11. The molecular weight excluding hydrogens is 696 g/mol. The minimum atomic E-state index is 0.870. The number of rotatable bonds is 5. The molecule has 2 heterocycles. The van der Waals surface area contributed by atoms with Crippen molar-refractivity contribution in [2.24, 2.45) is 0 Å². The number of hydrogen-bond acceptors (Lipinski definition) is 4. The molecule has 2 aromatic heterocycles. The van der Waals surface area contributed by atoms with E-state index in [1.165, 1.54) is 21.0 Å². The summed E-state index contributed by atoms with van der Waals surface area (Å²) in [6.45, 7) is 0. The molecule has 10 aromatic rings. The number of nitrogens with zero attached hydrogens (tertiary/aromatic N) is 2. The van der Waals surface area contributed by atoms with Gasteiger partial charge in [-0.05, 0) is 6.07 Å².